The first kappa shape index (κ1) is 21.7. The molecule has 0 radical (unpaired) electrons. The Morgan fingerprint density at radius 2 is 1.46 bits per heavy atom. The maximum Gasteiger partial charge on any atom is 0.261 e. The molecule has 146 valence electrons. The Morgan fingerprint density at radius 3 is 1.96 bits per heavy atom. The van der Waals surface area contributed by atoms with Gasteiger partial charge in [-0.25, -0.2) is 0 Å². The SMILES string of the molecule is COc1ccc(Br)cc1C(=O)NC(=S)Nc1ccc(NC(=S)NC(C)=O)cc1. The number of amides is 2. The summed E-state index contributed by atoms with van der Waals surface area (Å²) < 4.78 is 5.95. The van der Waals surface area contributed by atoms with E-state index in [-0.39, 0.29) is 16.1 Å². The molecule has 2 aromatic rings. The fourth-order valence-corrected chi connectivity index (χ4v) is 2.98. The van der Waals surface area contributed by atoms with E-state index in [1.165, 1.54) is 14.0 Å². The number of halogens is 1. The summed E-state index contributed by atoms with van der Waals surface area (Å²) in [5.41, 5.74) is 1.72. The average Bonchev–Trinajstić information content (AvgIpc) is 2.62. The Bertz CT molecular complexity index is 920. The molecule has 0 fully saturated rings. The van der Waals surface area contributed by atoms with Gasteiger partial charge in [0.1, 0.15) is 5.75 Å². The zero-order chi connectivity index (χ0) is 20.7. The van der Waals surface area contributed by atoms with Crippen molar-refractivity contribution in [3.63, 3.8) is 0 Å². The van der Waals surface area contributed by atoms with E-state index >= 15 is 0 Å². The monoisotopic (exact) mass is 480 g/mol. The minimum absolute atomic E-state index is 0.140. The third kappa shape index (κ3) is 6.55. The predicted molar refractivity (Wildman–Crippen MR) is 121 cm³/mol. The van der Waals surface area contributed by atoms with Crippen LogP contribution in [-0.4, -0.2) is 29.1 Å². The van der Waals surface area contributed by atoms with Crippen LogP contribution in [0.2, 0.25) is 0 Å². The van der Waals surface area contributed by atoms with Gasteiger partial charge < -0.3 is 20.7 Å². The van der Waals surface area contributed by atoms with Crippen LogP contribution in [0, 0.1) is 0 Å². The van der Waals surface area contributed by atoms with Gasteiger partial charge in [-0.15, -0.1) is 0 Å². The molecule has 0 aliphatic rings. The van der Waals surface area contributed by atoms with E-state index in [1.54, 1.807) is 42.5 Å². The molecule has 10 heteroatoms. The summed E-state index contributed by atoms with van der Waals surface area (Å²) in [4.78, 5) is 23.4. The predicted octanol–water partition coefficient (Wildman–Crippen LogP) is 3.42. The second-order valence-electron chi connectivity index (χ2n) is 5.47. The van der Waals surface area contributed by atoms with Crippen LogP contribution in [0.5, 0.6) is 5.75 Å². The third-order valence-electron chi connectivity index (χ3n) is 3.32. The molecule has 0 unspecified atom stereocenters. The zero-order valence-electron chi connectivity index (χ0n) is 15.0. The summed E-state index contributed by atoms with van der Waals surface area (Å²) >= 11 is 13.5. The highest BCUT2D eigenvalue weighted by Crippen LogP contribution is 2.23. The molecule has 2 amide bonds. The van der Waals surface area contributed by atoms with Gasteiger partial charge in [0.25, 0.3) is 5.91 Å². The number of hydrogen-bond donors (Lipinski definition) is 4. The van der Waals surface area contributed by atoms with Crippen molar-refractivity contribution >= 4 is 73.8 Å². The van der Waals surface area contributed by atoms with Crippen LogP contribution in [0.25, 0.3) is 0 Å². The molecule has 2 rings (SSSR count). The summed E-state index contributed by atoms with van der Waals surface area (Å²) in [6, 6.07) is 12.1. The van der Waals surface area contributed by atoms with E-state index in [0.29, 0.717) is 22.7 Å². The van der Waals surface area contributed by atoms with Crippen LogP contribution in [0.1, 0.15) is 17.3 Å². The van der Waals surface area contributed by atoms with Crippen LogP contribution in [-0.2, 0) is 4.79 Å². The van der Waals surface area contributed by atoms with Crippen LogP contribution in [0.3, 0.4) is 0 Å². The number of ether oxygens (including phenoxy) is 1. The molecule has 4 N–H and O–H groups in total. The van der Waals surface area contributed by atoms with Crippen molar-refractivity contribution in [1.82, 2.24) is 10.6 Å². The second-order valence-corrected chi connectivity index (χ2v) is 7.20. The number of carbonyl (C=O) groups is 2. The van der Waals surface area contributed by atoms with Crippen molar-refractivity contribution in [2.45, 2.75) is 6.92 Å². The van der Waals surface area contributed by atoms with Crippen LogP contribution in [0.15, 0.2) is 46.9 Å². The lowest BCUT2D eigenvalue weighted by Gasteiger charge is -2.13. The molecule has 28 heavy (non-hydrogen) atoms. The van der Waals surface area contributed by atoms with Crippen LogP contribution < -0.4 is 26.0 Å². The van der Waals surface area contributed by atoms with Gasteiger partial charge in [-0.3, -0.25) is 14.9 Å². The van der Waals surface area contributed by atoms with Gasteiger partial charge in [-0.05, 0) is 66.9 Å². The lowest BCUT2D eigenvalue weighted by Crippen LogP contribution is -2.34. The minimum atomic E-state index is -0.394. The van der Waals surface area contributed by atoms with Gasteiger partial charge in [0.2, 0.25) is 5.91 Å². The number of benzene rings is 2. The van der Waals surface area contributed by atoms with Crippen molar-refractivity contribution in [3.05, 3.63) is 52.5 Å². The largest absolute Gasteiger partial charge is 0.496 e. The summed E-state index contributed by atoms with van der Waals surface area (Å²) in [5, 5.41) is 11.2. The molecule has 0 aliphatic heterocycles. The molecule has 0 saturated heterocycles. The first-order valence-electron chi connectivity index (χ1n) is 7.93. The fraction of sp³-hybridized carbons (Fsp3) is 0.111. The molecule has 0 spiro atoms. The Balaban J connectivity index is 1.96. The number of rotatable bonds is 4. The van der Waals surface area contributed by atoms with Crippen molar-refractivity contribution in [3.8, 4) is 5.75 Å². The van der Waals surface area contributed by atoms with Crippen molar-refractivity contribution < 1.29 is 14.3 Å². The van der Waals surface area contributed by atoms with Gasteiger partial charge in [0.15, 0.2) is 10.2 Å². The normalized spacial score (nSPS) is 9.82. The van der Waals surface area contributed by atoms with Gasteiger partial charge >= 0.3 is 0 Å². The Morgan fingerprint density at radius 1 is 0.929 bits per heavy atom. The Hall–Kier alpha value is -2.56. The van der Waals surface area contributed by atoms with Crippen molar-refractivity contribution in [2.75, 3.05) is 17.7 Å². The molecule has 0 bridgehead atoms. The third-order valence-corrected chi connectivity index (χ3v) is 4.22. The molecule has 0 atom stereocenters. The lowest BCUT2D eigenvalue weighted by molar-refractivity contribution is -0.117. The summed E-state index contributed by atoms with van der Waals surface area (Å²) in [5.74, 6) is -0.206. The summed E-state index contributed by atoms with van der Waals surface area (Å²) in [6.07, 6.45) is 0. The number of thiocarbonyl (C=S) groups is 2. The van der Waals surface area contributed by atoms with E-state index < -0.39 is 5.91 Å². The molecular weight excluding hydrogens is 464 g/mol. The maximum atomic E-state index is 12.4. The number of nitrogens with one attached hydrogen (secondary N) is 4. The first-order valence-corrected chi connectivity index (χ1v) is 9.54. The molecule has 0 heterocycles. The van der Waals surface area contributed by atoms with Crippen molar-refractivity contribution in [2.24, 2.45) is 0 Å². The molecule has 2 aromatic carbocycles. The fourth-order valence-electron chi connectivity index (χ4n) is 2.15. The summed E-state index contributed by atoms with van der Waals surface area (Å²) in [6.45, 7) is 1.37. The molecule has 0 saturated carbocycles. The highest BCUT2D eigenvalue weighted by atomic mass is 79.9. The smallest absolute Gasteiger partial charge is 0.261 e. The quantitative estimate of drug-likeness (QED) is 0.498. The Kier molecular flexibility index (Phi) is 7.85. The number of methoxy groups -OCH3 is 1. The minimum Gasteiger partial charge on any atom is -0.496 e. The topological polar surface area (TPSA) is 91.5 Å². The van der Waals surface area contributed by atoms with Gasteiger partial charge in [0, 0.05) is 22.8 Å². The van der Waals surface area contributed by atoms with Crippen LogP contribution in [0.4, 0.5) is 11.4 Å². The van der Waals surface area contributed by atoms with Crippen molar-refractivity contribution in [1.29, 1.82) is 0 Å². The van der Waals surface area contributed by atoms with Gasteiger partial charge in [0.05, 0.1) is 12.7 Å². The lowest BCUT2D eigenvalue weighted by atomic mass is 10.2. The van der Waals surface area contributed by atoms with E-state index in [2.05, 4.69) is 37.2 Å². The van der Waals surface area contributed by atoms with E-state index in [9.17, 15) is 9.59 Å². The summed E-state index contributed by atoms with van der Waals surface area (Å²) in [7, 11) is 1.49. The first-order chi connectivity index (χ1) is 13.3. The van der Waals surface area contributed by atoms with Gasteiger partial charge in [-0.2, -0.15) is 0 Å². The highest BCUT2D eigenvalue weighted by molar-refractivity contribution is 9.10. The van der Waals surface area contributed by atoms with E-state index in [1.807, 2.05) is 0 Å². The highest BCUT2D eigenvalue weighted by Gasteiger charge is 2.14. The second kappa shape index (κ2) is 10.1. The van der Waals surface area contributed by atoms with E-state index in [4.69, 9.17) is 29.2 Å². The molecule has 0 aromatic heterocycles. The molecular formula is C18H17BrN4O3S2. The van der Waals surface area contributed by atoms with Crippen LogP contribution >= 0.6 is 40.4 Å². The molecule has 0 aliphatic carbocycles. The number of carbonyl (C=O) groups excluding carboxylic acids is 2. The Labute approximate surface area is 181 Å². The van der Waals surface area contributed by atoms with E-state index in [0.717, 1.165) is 4.47 Å². The zero-order valence-corrected chi connectivity index (χ0v) is 18.2. The average molecular weight is 481 g/mol. The standard InChI is InChI=1S/C18H17BrN4O3S2/c1-10(24)20-17(27)21-12-4-6-13(7-5-12)22-18(28)23-16(25)14-9-11(19)3-8-15(14)26-2/h3-9H,1-2H3,(H2,20,21,24,27)(H2,22,23,25,28). The number of anilines is 2. The maximum absolute atomic E-state index is 12.4. The number of hydrogen-bond acceptors (Lipinski definition) is 5. The van der Waals surface area contributed by atoms with Gasteiger partial charge in [-0.1, -0.05) is 15.9 Å². The molecule has 7 nitrogen and oxygen atoms in total.